The molecule has 1 radical (unpaired) electrons. The minimum absolute atomic E-state index is 0.794. The van der Waals surface area contributed by atoms with E-state index in [1.807, 2.05) is 18.2 Å². The monoisotopic (exact) mass is 280 g/mol. The lowest BCUT2D eigenvalue weighted by Gasteiger charge is -2.14. The third kappa shape index (κ3) is 4.08. The molecule has 2 heteroatoms. The summed E-state index contributed by atoms with van der Waals surface area (Å²) in [5.74, 6) is 0.960. The summed E-state index contributed by atoms with van der Waals surface area (Å²) in [6.45, 7) is 4.48. The summed E-state index contributed by atoms with van der Waals surface area (Å²) >= 11 is 0. The van der Waals surface area contributed by atoms with Crippen LogP contribution in [0.4, 0.5) is 0 Å². The van der Waals surface area contributed by atoms with Crippen LogP contribution < -0.4 is 4.74 Å². The van der Waals surface area contributed by atoms with Crippen LogP contribution in [-0.4, -0.2) is 31.1 Å². The molecular formula is C19H22NO. The molecule has 0 amide bonds. The van der Waals surface area contributed by atoms with Crippen LogP contribution in [-0.2, 0) is 0 Å². The second kappa shape index (κ2) is 7.28. The largest absolute Gasteiger partial charge is 0.494 e. The van der Waals surface area contributed by atoms with Gasteiger partial charge in [0.1, 0.15) is 5.75 Å². The maximum atomic E-state index is 5.89. The molecule has 2 aromatic carbocycles. The van der Waals surface area contributed by atoms with Crippen LogP contribution in [0.15, 0.2) is 48.5 Å². The first-order chi connectivity index (χ1) is 10.4. The van der Waals surface area contributed by atoms with E-state index in [9.17, 15) is 0 Å². The van der Waals surface area contributed by atoms with E-state index in [1.165, 1.54) is 37.1 Å². The molecule has 21 heavy (non-hydrogen) atoms. The highest BCUT2D eigenvalue weighted by Crippen LogP contribution is 2.23. The van der Waals surface area contributed by atoms with Gasteiger partial charge in [0, 0.05) is 6.54 Å². The van der Waals surface area contributed by atoms with Crippen molar-refractivity contribution in [2.24, 2.45) is 0 Å². The highest BCUT2D eigenvalue weighted by molar-refractivity contribution is 5.64. The van der Waals surface area contributed by atoms with Gasteiger partial charge in [-0.15, -0.1) is 0 Å². The quantitative estimate of drug-likeness (QED) is 0.741. The summed E-state index contributed by atoms with van der Waals surface area (Å²) in [7, 11) is 0. The Morgan fingerprint density at radius 1 is 1.00 bits per heavy atom. The Kier molecular flexibility index (Phi) is 4.90. The smallest absolute Gasteiger partial charge is 0.119 e. The zero-order chi connectivity index (χ0) is 14.3. The van der Waals surface area contributed by atoms with Crippen molar-refractivity contribution in [1.82, 2.24) is 4.90 Å². The van der Waals surface area contributed by atoms with Crippen molar-refractivity contribution in [3.8, 4) is 16.9 Å². The molecule has 1 aliphatic rings. The Balaban J connectivity index is 1.51. The van der Waals surface area contributed by atoms with Gasteiger partial charge in [0.05, 0.1) is 6.61 Å². The van der Waals surface area contributed by atoms with Crippen molar-refractivity contribution in [3.05, 3.63) is 54.6 Å². The standard InChI is InChI=1S/C19H22NO/c1-2-8-17(9-3-1)18-10-6-11-19(16-18)21-15-7-14-20-12-4-5-13-20/h2-3,6,8-11,16H,4-5,7,12-15H2. The van der Waals surface area contributed by atoms with Gasteiger partial charge < -0.3 is 9.64 Å². The second-order valence-corrected chi connectivity index (χ2v) is 5.57. The molecule has 0 aliphatic carbocycles. The first-order valence-electron chi connectivity index (χ1n) is 7.83. The van der Waals surface area contributed by atoms with Crippen molar-refractivity contribution < 1.29 is 4.74 Å². The van der Waals surface area contributed by atoms with E-state index < -0.39 is 0 Å². The van der Waals surface area contributed by atoms with Crippen molar-refractivity contribution in [2.75, 3.05) is 26.2 Å². The maximum Gasteiger partial charge on any atom is 0.119 e. The lowest BCUT2D eigenvalue weighted by atomic mass is 10.1. The zero-order valence-corrected chi connectivity index (χ0v) is 12.4. The van der Waals surface area contributed by atoms with Crippen molar-refractivity contribution in [3.63, 3.8) is 0 Å². The van der Waals surface area contributed by atoms with E-state index in [2.05, 4.69) is 41.3 Å². The fourth-order valence-electron chi connectivity index (χ4n) is 2.83. The van der Waals surface area contributed by atoms with Crippen molar-refractivity contribution in [1.29, 1.82) is 0 Å². The summed E-state index contributed by atoms with van der Waals surface area (Å²) in [5.41, 5.74) is 2.40. The Hall–Kier alpha value is -1.80. The lowest BCUT2D eigenvalue weighted by Crippen LogP contribution is -2.21. The minimum atomic E-state index is 0.794. The predicted octanol–water partition coefficient (Wildman–Crippen LogP) is 4.02. The van der Waals surface area contributed by atoms with E-state index in [-0.39, 0.29) is 0 Å². The molecule has 1 fully saturated rings. The van der Waals surface area contributed by atoms with Gasteiger partial charge in [0.2, 0.25) is 0 Å². The number of hydrogen-bond acceptors (Lipinski definition) is 2. The third-order valence-corrected chi connectivity index (χ3v) is 3.97. The fourth-order valence-corrected chi connectivity index (χ4v) is 2.83. The average Bonchev–Trinajstić information content (AvgIpc) is 3.06. The van der Waals surface area contributed by atoms with Gasteiger partial charge >= 0.3 is 0 Å². The molecule has 0 N–H and O–H groups in total. The third-order valence-electron chi connectivity index (χ3n) is 3.97. The van der Waals surface area contributed by atoms with E-state index in [0.717, 1.165) is 25.3 Å². The SMILES string of the molecule is [c]1ccc(-c2cccc(OCCCN3CCCC3)c2)cc1. The van der Waals surface area contributed by atoms with E-state index in [1.54, 1.807) is 0 Å². The van der Waals surface area contributed by atoms with Crippen LogP contribution in [0, 0.1) is 6.07 Å². The van der Waals surface area contributed by atoms with Gasteiger partial charge in [-0.2, -0.15) is 0 Å². The first-order valence-corrected chi connectivity index (χ1v) is 7.83. The highest BCUT2D eigenvalue weighted by atomic mass is 16.5. The Morgan fingerprint density at radius 3 is 2.62 bits per heavy atom. The zero-order valence-electron chi connectivity index (χ0n) is 12.4. The molecule has 0 unspecified atom stereocenters. The normalized spacial score (nSPS) is 15.2. The van der Waals surface area contributed by atoms with Gasteiger partial charge in [-0.25, -0.2) is 0 Å². The van der Waals surface area contributed by atoms with Gasteiger partial charge in [-0.3, -0.25) is 0 Å². The van der Waals surface area contributed by atoms with E-state index in [4.69, 9.17) is 4.74 Å². The molecule has 1 aliphatic heterocycles. The number of nitrogens with zero attached hydrogens (tertiary/aromatic N) is 1. The van der Waals surface area contributed by atoms with Crippen LogP contribution >= 0.6 is 0 Å². The van der Waals surface area contributed by atoms with Gasteiger partial charge in [-0.1, -0.05) is 36.4 Å². The van der Waals surface area contributed by atoms with E-state index in [0.29, 0.717) is 0 Å². The highest BCUT2D eigenvalue weighted by Gasteiger charge is 2.10. The molecule has 0 atom stereocenters. The summed E-state index contributed by atoms with van der Waals surface area (Å²) < 4.78 is 5.89. The van der Waals surface area contributed by atoms with Crippen LogP contribution in [0.2, 0.25) is 0 Å². The summed E-state index contributed by atoms with van der Waals surface area (Å²) in [4.78, 5) is 2.53. The van der Waals surface area contributed by atoms with Crippen LogP contribution in [0.25, 0.3) is 11.1 Å². The molecule has 0 saturated carbocycles. The molecule has 109 valence electrons. The van der Waals surface area contributed by atoms with Crippen LogP contribution in [0.5, 0.6) is 5.75 Å². The minimum Gasteiger partial charge on any atom is -0.494 e. The molecule has 3 rings (SSSR count). The molecular weight excluding hydrogens is 258 g/mol. The second-order valence-electron chi connectivity index (χ2n) is 5.57. The lowest BCUT2D eigenvalue weighted by molar-refractivity contribution is 0.263. The molecule has 2 aromatic rings. The molecule has 0 spiro atoms. The Bertz CT molecular complexity index is 547. The average molecular weight is 280 g/mol. The molecule has 0 aromatic heterocycles. The Morgan fingerprint density at radius 2 is 1.81 bits per heavy atom. The van der Waals surface area contributed by atoms with E-state index >= 15 is 0 Å². The van der Waals surface area contributed by atoms with Gasteiger partial charge in [-0.05, 0) is 61.7 Å². The maximum absolute atomic E-state index is 5.89. The number of rotatable bonds is 6. The predicted molar refractivity (Wildman–Crippen MR) is 86.5 cm³/mol. The topological polar surface area (TPSA) is 12.5 Å². The molecule has 2 nitrogen and oxygen atoms in total. The molecule has 1 saturated heterocycles. The molecule has 0 bridgehead atoms. The van der Waals surface area contributed by atoms with Gasteiger partial charge in [0.25, 0.3) is 0 Å². The van der Waals surface area contributed by atoms with Crippen LogP contribution in [0.3, 0.4) is 0 Å². The van der Waals surface area contributed by atoms with Crippen LogP contribution in [0.1, 0.15) is 19.3 Å². The number of likely N-dealkylation sites (tertiary alicyclic amines) is 1. The summed E-state index contributed by atoms with van der Waals surface area (Å²) in [5, 5.41) is 0. The Labute approximate surface area is 127 Å². The summed E-state index contributed by atoms with van der Waals surface area (Å²) in [6, 6.07) is 19.4. The number of hydrogen-bond donors (Lipinski definition) is 0. The number of ether oxygens (including phenoxy) is 1. The van der Waals surface area contributed by atoms with Crippen molar-refractivity contribution in [2.45, 2.75) is 19.3 Å². The van der Waals surface area contributed by atoms with Crippen molar-refractivity contribution >= 4 is 0 Å². The number of benzene rings is 2. The fraction of sp³-hybridized carbons (Fsp3) is 0.368. The first kappa shape index (κ1) is 14.2. The van der Waals surface area contributed by atoms with Gasteiger partial charge in [0.15, 0.2) is 0 Å². The molecule has 1 heterocycles. The summed E-state index contributed by atoms with van der Waals surface area (Å²) in [6.07, 6.45) is 3.82.